The maximum atomic E-state index is 11.1. The van der Waals surface area contributed by atoms with Gasteiger partial charge < -0.3 is 10.4 Å². The van der Waals surface area contributed by atoms with Crippen LogP contribution in [0.2, 0.25) is 0 Å². The topological polar surface area (TPSA) is 60.9 Å². The molecule has 0 aliphatic carbocycles. The zero-order valence-electron chi connectivity index (χ0n) is 14.4. The number of nitrogens with zero attached hydrogens (tertiary/aromatic N) is 1. The number of H-pyrrole nitrogens is 1. The van der Waals surface area contributed by atoms with Crippen LogP contribution < -0.4 is 5.32 Å². The van der Waals surface area contributed by atoms with E-state index in [0.717, 1.165) is 34.4 Å². The number of aromatic amines is 1. The van der Waals surface area contributed by atoms with Crippen LogP contribution in [0.5, 0.6) is 0 Å². The van der Waals surface area contributed by atoms with Crippen molar-refractivity contribution >= 4 is 27.2 Å². The van der Waals surface area contributed by atoms with Crippen LogP contribution in [0.1, 0.15) is 35.3 Å². The minimum atomic E-state index is -1.01. The molecule has 0 fully saturated rings. The van der Waals surface area contributed by atoms with Crippen molar-refractivity contribution in [1.82, 2.24) is 10.2 Å². The minimum Gasteiger partial charge on any atom is -0.381 e. The van der Waals surface area contributed by atoms with E-state index in [1.54, 1.807) is 11.3 Å². The van der Waals surface area contributed by atoms with Gasteiger partial charge in [-0.2, -0.15) is 5.10 Å². The van der Waals surface area contributed by atoms with Crippen molar-refractivity contribution < 1.29 is 5.11 Å². The van der Waals surface area contributed by atoms with Gasteiger partial charge in [-0.3, -0.25) is 5.10 Å². The Morgan fingerprint density at radius 1 is 1.12 bits per heavy atom. The molecule has 5 rings (SSSR count). The Labute approximate surface area is 155 Å². The fraction of sp³-hybridized carbons (Fsp3) is 0.190. The Balaban J connectivity index is 1.48. The second-order valence-corrected chi connectivity index (χ2v) is 7.90. The van der Waals surface area contributed by atoms with Gasteiger partial charge in [0.15, 0.2) is 0 Å². The molecule has 26 heavy (non-hydrogen) atoms. The van der Waals surface area contributed by atoms with E-state index >= 15 is 0 Å². The average molecular weight is 361 g/mol. The Bertz CT molecular complexity index is 1080. The smallest absolute Gasteiger partial charge is 0.112 e. The molecule has 0 radical (unpaired) electrons. The number of aromatic nitrogens is 2. The van der Waals surface area contributed by atoms with Crippen LogP contribution in [0.25, 0.3) is 10.2 Å². The third-order valence-electron chi connectivity index (χ3n) is 5.29. The zero-order valence-corrected chi connectivity index (χ0v) is 15.2. The lowest BCUT2D eigenvalue weighted by Gasteiger charge is -2.25. The van der Waals surface area contributed by atoms with Gasteiger partial charge >= 0.3 is 0 Å². The number of anilines is 1. The van der Waals surface area contributed by atoms with Crippen LogP contribution in [0.3, 0.4) is 0 Å². The van der Waals surface area contributed by atoms with Crippen LogP contribution >= 0.6 is 11.3 Å². The highest BCUT2D eigenvalue weighted by atomic mass is 32.1. The summed E-state index contributed by atoms with van der Waals surface area (Å²) in [6, 6.07) is 18.2. The highest BCUT2D eigenvalue weighted by Gasteiger charge is 2.30. The van der Waals surface area contributed by atoms with E-state index in [1.807, 2.05) is 49.4 Å². The van der Waals surface area contributed by atoms with Crippen molar-refractivity contribution in [2.45, 2.75) is 25.0 Å². The van der Waals surface area contributed by atoms with E-state index in [2.05, 4.69) is 33.0 Å². The molecule has 130 valence electrons. The molecule has 4 nitrogen and oxygen atoms in total. The monoisotopic (exact) mass is 361 g/mol. The lowest BCUT2D eigenvalue weighted by atomic mass is 9.87. The van der Waals surface area contributed by atoms with Crippen molar-refractivity contribution in [2.24, 2.45) is 0 Å². The van der Waals surface area contributed by atoms with Crippen LogP contribution in [0.15, 0.2) is 60.0 Å². The highest BCUT2D eigenvalue weighted by molar-refractivity contribution is 7.17. The van der Waals surface area contributed by atoms with Gasteiger partial charge in [-0.15, -0.1) is 11.3 Å². The molecule has 3 N–H and O–H groups in total. The number of hydrogen-bond donors (Lipinski definition) is 3. The predicted molar refractivity (Wildman–Crippen MR) is 106 cm³/mol. The number of thiophene rings is 1. The second-order valence-electron chi connectivity index (χ2n) is 6.98. The highest BCUT2D eigenvalue weighted by Crippen LogP contribution is 2.40. The first-order chi connectivity index (χ1) is 12.6. The summed E-state index contributed by atoms with van der Waals surface area (Å²) in [5.74, 6) is 0. The molecule has 0 saturated heterocycles. The Morgan fingerprint density at radius 2 is 1.96 bits per heavy atom. The Morgan fingerprint density at radius 3 is 2.81 bits per heavy atom. The molecule has 2 aromatic carbocycles. The largest absolute Gasteiger partial charge is 0.381 e. The summed E-state index contributed by atoms with van der Waals surface area (Å²) >= 11 is 1.72. The molecule has 4 aromatic rings. The predicted octanol–water partition coefficient (Wildman–Crippen LogP) is 4.59. The first-order valence-corrected chi connectivity index (χ1v) is 9.60. The molecule has 3 heterocycles. The Hall–Kier alpha value is -2.63. The lowest BCUT2D eigenvalue weighted by molar-refractivity contribution is 0.102. The van der Waals surface area contributed by atoms with Crippen molar-refractivity contribution in [3.8, 4) is 0 Å². The molecule has 0 saturated carbocycles. The second kappa shape index (κ2) is 5.69. The fourth-order valence-corrected chi connectivity index (χ4v) is 4.65. The normalized spacial score (nSPS) is 18.5. The third-order valence-corrected chi connectivity index (χ3v) is 6.23. The summed E-state index contributed by atoms with van der Waals surface area (Å²) < 4.78 is 1.21. The van der Waals surface area contributed by atoms with E-state index in [4.69, 9.17) is 0 Å². The van der Waals surface area contributed by atoms with Gasteiger partial charge in [0, 0.05) is 12.1 Å². The van der Waals surface area contributed by atoms with Gasteiger partial charge in [-0.05, 0) is 41.1 Å². The molecule has 5 heteroatoms. The van der Waals surface area contributed by atoms with E-state index in [0.29, 0.717) is 0 Å². The SMILES string of the molecule is CC(O)(c1ccccc1)c1ccc2c(c1)CC(c1[nH]nc3ccsc13)N2. The van der Waals surface area contributed by atoms with Crippen LogP contribution in [-0.2, 0) is 12.0 Å². The van der Waals surface area contributed by atoms with Crippen molar-refractivity contribution in [3.63, 3.8) is 0 Å². The van der Waals surface area contributed by atoms with Crippen molar-refractivity contribution in [2.75, 3.05) is 5.32 Å². The lowest BCUT2D eigenvalue weighted by Crippen LogP contribution is -2.22. The summed E-state index contributed by atoms with van der Waals surface area (Å²) in [7, 11) is 0. The van der Waals surface area contributed by atoms with Gasteiger partial charge in [-0.1, -0.05) is 42.5 Å². The molecule has 1 aliphatic rings. The van der Waals surface area contributed by atoms with Crippen LogP contribution in [-0.4, -0.2) is 15.3 Å². The molecule has 0 amide bonds. The molecule has 2 unspecified atom stereocenters. The van der Waals surface area contributed by atoms with Gasteiger partial charge in [-0.25, -0.2) is 0 Å². The molecular weight excluding hydrogens is 342 g/mol. The quantitative estimate of drug-likeness (QED) is 0.500. The summed E-state index contributed by atoms with van der Waals surface area (Å²) in [5.41, 5.74) is 5.32. The number of benzene rings is 2. The summed E-state index contributed by atoms with van der Waals surface area (Å²) in [5, 5.41) is 24.4. The Kier molecular flexibility index (Phi) is 3.42. The summed E-state index contributed by atoms with van der Waals surface area (Å²) in [6.07, 6.45) is 0.878. The minimum absolute atomic E-state index is 0.186. The maximum Gasteiger partial charge on any atom is 0.112 e. The summed E-state index contributed by atoms with van der Waals surface area (Å²) in [4.78, 5) is 0. The van der Waals surface area contributed by atoms with Crippen LogP contribution in [0, 0.1) is 0 Å². The number of nitrogens with one attached hydrogen (secondary N) is 2. The van der Waals surface area contributed by atoms with Gasteiger partial charge in [0.05, 0.1) is 16.4 Å². The first kappa shape index (κ1) is 15.6. The number of fused-ring (bicyclic) bond motifs is 2. The molecule has 2 aromatic heterocycles. The van der Waals surface area contributed by atoms with E-state index < -0.39 is 5.60 Å². The zero-order chi connectivity index (χ0) is 17.7. The molecular formula is C21H19N3OS. The first-order valence-electron chi connectivity index (χ1n) is 8.72. The standard InChI is InChI=1S/C21H19N3OS/c1-21(25,14-5-3-2-4-6-14)15-7-8-16-13(11-15)12-18(22-16)19-20-17(23-24-19)9-10-26-20/h2-11,18,22,25H,12H2,1H3,(H,23,24). The van der Waals surface area contributed by atoms with Crippen molar-refractivity contribution in [1.29, 1.82) is 0 Å². The molecule has 1 aliphatic heterocycles. The third kappa shape index (κ3) is 2.35. The maximum absolute atomic E-state index is 11.1. The van der Waals surface area contributed by atoms with E-state index in [1.165, 1.54) is 10.3 Å². The van der Waals surface area contributed by atoms with E-state index in [9.17, 15) is 5.11 Å². The van der Waals surface area contributed by atoms with Gasteiger partial charge in [0.2, 0.25) is 0 Å². The molecule has 0 spiro atoms. The summed E-state index contributed by atoms with van der Waals surface area (Å²) in [6.45, 7) is 1.86. The number of rotatable bonds is 3. The van der Waals surface area contributed by atoms with Gasteiger partial charge in [0.1, 0.15) is 11.1 Å². The fourth-order valence-electron chi connectivity index (χ4n) is 3.77. The van der Waals surface area contributed by atoms with E-state index in [-0.39, 0.29) is 6.04 Å². The van der Waals surface area contributed by atoms with Crippen molar-refractivity contribution in [3.05, 3.63) is 82.4 Å². The average Bonchev–Trinajstić information content (AvgIpc) is 3.36. The number of hydrogen-bond acceptors (Lipinski definition) is 4. The molecule has 2 atom stereocenters. The molecule has 0 bridgehead atoms. The van der Waals surface area contributed by atoms with Crippen LogP contribution in [0.4, 0.5) is 5.69 Å². The number of aliphatic hydroxyl groups is 1. The van der Waals surface area contributed by atoms with Gasteiger partial charge in [0.25, 0.3) is 0 Å².